The minimum Gasteiger partial charge on any atom is -0.463 e. The smallest absolute Gasteiger partial charge is 0.287 e. The summed E-state index contributed by atoms with van der Waals surface area (Å²) in [6.07, 6.45) is 1.64. The van der Waals surface area contributed by atoms with Gasteiger partial charge in [-0.05, 0) is 25.1 Å². The number of carbonyl (C=O) groups excluding carboxylic acids is 1. The van der Waals surface area contributed by atoms with E-state index in [1.807, 2.05) is 45.3 Å². The standard InChI is InChI=1S/C18H19ClN2O3/c1-11-12-6-4-7-13(19)17(12)24-16(11)18(22)20-10-14(21(2)3)15-8-5-9-23-15/h4-9,14H,10H2,1-3H3,(H,20,22)/p+1/t14-/m1/s1. The Kier molecular flexibility index (Phi) is 4.64. The topological polar surface area (TPSA) is 59.8 Å². The zero-order chi connectivity index (χ0) is 17.3. The second-order valence-electron chi connectivity index (χ2n) is 6.03. The molecule has 1 atom stereocenters. The van der Waals surface area contributed by atoms with Crippen molar-refractivity contribution in [1.82, 2.24) is 5.32 Å². The third kappa shape index (κ3) is 3.05. The highest BCUT2D eigenvalue weighted by molar-refractivity contribution is 6.35. The molecule has 0 unspecified atom stereocenters. The van der Waals surface area contributed by atoms with E-state index in [4.69, 9.17) is 20.4 Å². The van der Waals surface area contributed by atoms with Crippen LogP contribution in [-0.4, -0.2) is 26.5 Å². The molecule has 2 aromatic heterocycles. The van der Waals surface area contributed by atoms with Gasteiger partial charge in [0, 0.05) is 10.9 Å². The summed E-state index contributed by atoms with van der Waals surface area (Å²) >= 11 is 6.14. The van der Waals surface area contributed by atoms with Crippen LogP contribution in [0.4, 0.5) is 0 Å². The van der Waals surface area contributed by atoms with E-state index in [9.17, 15) is 4.79 Å². The van der Waals surface area contributed by atoms with Crippen molar-refractivity contribution < 1.29 is 18.5 Å². The molecule has 3 aromatic rings. The summed E-state index contributed by atoms with van der Waals surface area (Å²) in [6, 6.07) is 9.27. The molecule has 0 radical (unpaired) electrons. The van der Waals surface area contributed by atoms with Gasteiger partial charge >= 0.3 is 0 Å². The maximum absolute atomic E-state index is 12.6. The number of hydrogen-bond donors (Lipinski definition) is 2. The highest BCUT2D eigenvalue weighted by Gasteiger charge is 2.24. The van der Waals surface area contributed by atoms with Gasteiger partial charge in [0.05, 0.1) is 31.9 Å². The number of nitrogens with one attached hydrogen (secondary N) is 2. The van der Waals surface area contributed by atoms with Crippen molar-refractivity contribution >= 4 is 28.5 Å². The van der Waals surface area contributed by atoms with Crippen molar-refractivity contribution in [2.45, 2.75) is 13.0 Å². The van der Waals surface area contributed by atoms with Crippen molar-refractivity contribution in [3.8, 4) is 0 Å². The lowest BCUT2D eigenvalue weighted by atomic mass is 10.1. The average Bonchev–Trinajstić information content (AvgIpc) is 3.17. The van der Waals surface area contributed by atoms with Gasteiger partial charge in [0.1, 0.15) is 0 Å². The van der Waals surface area contributed by atoms with E-state index in [1.54, 1.807) is 12.3 Å². The lowest BCUT2D eigenvalue weighted by Crippen LogP contribution is -3.07. The molecule has 0 bridgehead atoms. The number of aryl methyl sites for hydroxylation is 1. The molecule has 126 valence electrons. The second kappa shape index (κ2) is 6.71. The molecule has 0 saturated heterocycles. The van der Waals surface area contributed by atoms with Gasteiger partial charge in [0.2, 0.25) is 0 Å². The van der Waals surface area contributed by atoms with Crippen molar-refractivity contribution in [3.05, 3.63) is 58.7 Å². The maximum atomic E-state index is 12.6. The molecule has 5 nitrogen and oxygen atoms in total. The number of halogens is 1. The fraction of sp³-hybridized carbons (Fsp3) is 0.278. The van der Waals surface area contributed by atoms with E-state index < -0.39 is 0 Å². The number of quaternary nitrogens is 1. The summed E-state index contributed by atoms with van der Waals surface area (Å²) in [5.41, 5.74) is 1.33. The summed E-state index contributed by atoms with van der Waals surface area (Å²) in [4.78, 5) is 13.7. The van der Waals surface area contributed by atoms with Crippen LogP contribution < -0.4 is 10.2 Å². The molecule has 1 amide bonds. The summed E-state index contributed by atoms with van der Waals surface area (Å²) in [7, 11) is 4.04. The van der Waals surface area contributed by atoms with Crippen molar-refractivity contribution in [3.63, 3.8) is 0 Å². The number of benzene rings is 1. The van der Waals surface area contributed by atoms with E-state index in [-0.39, 0.29) is 11.9 Å². The van der Waals surface area contributed by atoms with Crippen LogP contribution in [-0.2, 0) is 0 Å². The number of furan rings is 2. The molecule has 0 saturated carbocycles. The zero-order valence-corrected chi connectivity index (χ0v) is 14.6. The van der Waals surface area contributed by atoms with E-state index in [2.05, 4.69) is 5.32 Å². The fourth-order valence-electron chi connectivity index (χ4n) is 2.78. The zero-order valence-electron chi connectivity index (χ0n) is 13.9. The Morgan fingerprint density at radius 2 is 2.08 bits per heavy atom. The quantitative estimate of drug-likeness (QED) is 0.746. The monoisotopic (exact) mass is 347 g/mol. The minimum absolute atomic E-state index is 0.0252. The lowest BCUT2D eigenvalue weighted by Gasteiger charge is -2.19. The van der Waals surface area contributed by atoms with Gasteiger partial charge in [-0.1, -0.05) is 23.7 Å². The first-order valence-corrected chi connectivity index (χ1v) is 8.16. The number of fused-ring (bicyclic) bond motifs is 1. The van der Waals surface area contributed by atoms with Gasteiger partial charge in [0.15, 0.2) is 23.1 Å². The predicted molar refractivity (Wildman–Crippen MR) is 92.6 cm³/mol. The van der Waals surface area contributed by atoms with E-state index in [0.29, 0.717) is 22.9 Å². The van der Waals surface area contributed by atoms with Gasteiger partial charge in [-0.2, -0.15) is 0 Å². The normalized spacial score (nSPS) is 12.7. The number of hydrogen-bond acceptors (Lipinski definition) is 3. The molecular formula is C18H20ClN2O3+. The van der Waals surface area contributed by atoms with Crippen molar-refractivity contribution in [2.24, 2.45) is 0 Å². The third-order valence-electron chi connectivity index (χ3n) is 4.17. The van der Waals surface area contributed by atoms with Crippen molar-refractivity contribution in [1.29, 1.82) is 0 Å². The molecule has 0 spiro atoms. The van der Waals surface area contributed by atoms with Gasteiger partial charge in [0.25, 0.3) is 5.91 Å². The van der Waals surface area contributed by atoms with Gasteiger partial charge in [-0.25, -0.2) is 0 Å². The Labute approximate surface area is 145 Å². The fourth-order valence-corrected chi connectivity index (χ4v) is 2.99. The molecule has 2 heterocycles. The first-order chi connectivity index (χ1) is 11.5. The molecule has 0 fully saturated rings. The average molecular weight is 348 g/mol. The number of rotatable bonds is 5. The third-order valence-corrected chi connectivity index (χ3v) is 4.47. The second-order valence-corrected chi connectivity index (χ2v) is 6.44. The van der Waals surface area contributed by atoms with E-state index >= 15 is 0 Å². The molecule has 0 aliphatic rings. The Morgan fingerprint density at radius 3 is 2.71 bits per heavy atom. The number of carbonyl (C=O) groups is 1. The molecular weight excluding hydrogens is 328 g/mol. The van der Waals surface area contributed by atoms with Gasteiger partial charge < -0.3 is 19.1 Å². The lowest BCUT2D eigenvalue weighted by molar-refractivity contribution is -0.891. The Bertz CT molecular complexity index is 853. The Morgan fingerprint density at radius 1 is 1.29 bits per heavy atom. The molecule has 0 aliphatic carbocycles. The Balaban J connectivity index is 1.80. The number of para-hydroxylation sites is 1. The predicted octanol–water partition coefficient (Wildman–Crippen LogP) is 2.60. The minimum atomic E-state index is -0.252. The van der Waals surface area contributed by atoms with Crippen LogP contribution in [0.15, 0.2) is 45.4 Å². The largest absolute Gasteiger partial charge is 0.463 e. The maximum Gasteiger partial charge on any atom is 0.287 e. The van der Waals surface area contributed by atoms with Crippen LogP contribution in [0.1, 0.15) is 27.9 Å². The van der Waals surface area contributed by atoms with Gasteiger partial charge in [-0.3, -0.25) is 4.79 Å². The summed E-state index contributed by atoms with van der Waals surface area (Å²) in [5.74, 6) is 0.877. The van der Waals surface area contributed by atoms with Crippen LogP contribution in [0.25, 0.3) is 11.0 Å². The molecule has 24 heavy (non-hydrogen) atoms. The molecule has 6 heteroatoms. The van der Waals surface area contributed by atoms with Crippen LogP contribution in [0, 0.1) is 6.92 Å². The number of likely N-dealkylation sites (N-methyl/N-ethyl adjacent to an activating group) is 1. The molecule has 3 rings (SSSR count). The van der Waals surface area contributed by atoms with Crippen LogP contribution >= 0.6 is 11.6 Å². The SMILES string of the molecule is Cc1c(C(=O)NC[C@H](c2ccco2)[NH+](C)C)oc2c(Cl)cccc12. The van der Waals surface area contributed by atoms with Crippen molar-refractivity contribution in [2.75, 3.05) is 20.6 Å². The Hall–Kier alpha value is -2.24. The van der Waals surface area contributed by atoms with Crippen LogP contribution in [0.2, 0.25) is 5.02 Å². The number of amides is 1. The first kappa shape index (κ1) is 16.6. The van der Waals surface area contributed by atoms with E-state index in [0.717, 1.165) is 21.6 Å². The van der Waals surface area contributed by atoms with Crippen LogP contribution in [0.5, 0.6) is 0 Å². The van der Waals surface area contributed by atoms with Crippen LogP contribution in [0.3, 0.4) is 0 Å². The summed E-state index contributed by atoms with van der Waals surface area (Å²) < 4.78 is 11.2. The molecule has 2 N–H and O–H groups in total. The highest BCUT2D eigenvalue weighted by atomic mass is 35.5. The highest BCUT2D eigenvalue weighted by Crippen LogP contribution is 2.30. The summed E-state index contributed by atoms with van der Waals surface area (Å²) in [6.45, 7) is 2.30. The van der Waals surface area contributed by atoms with E-state index in [1.165, 1.54) is 0 Å². The molecule has 1 aromatic carbocycles. The molecule has 0 aliphatic heterocycles. The summed E-state index contributed by atoms with van der Waals surface area (Å²) in [5, 5.41) is 4.29. The van der Waals surface area contributed by atoms with Gasteiger partial charge in [-0.15, -0.1) is 0 Å². The first-order valence-electron chi connectivity index (χ1n) is 7.78.